The molecule has 1 aromatic rings. The van der Waals surface area contributed by atoms with E-state index < -0.39 is 22.9 Å². The van der Waals surface area contributed by atoms with Crippen LogP contribution >= 0.6 is 0 Å². The van der Waals surface area contributed by atoms with Crippen molar-refractivity contribution in [2.24, 2.45) is 5.73 Å². The summed E-state index contributed by atoms with van der Waals surface area (Å²) < 4.78 is 38.8. The van der Waals surface area contributed by atoms with Crippen LogP contribution in [0, 0.1) is 17.5 Å². The number of hydrogen-bond acceptors (Lipinski definition) is 1. The van der Waals surface area contributed by atoms with Gasteiger partial charge in [0, 0.05) is 18.0 Å². The van der Waals surface area contributed by atoms with Gasteiger partial charge >= 0.3 is 0 Å². The first-order chi connectivity index (χ1) is 6.59. The molecule has 2 rings (SSSR count). The third-order valence-electron chi connectivity index (χ3n) is 2.83. The second-order valence-electron chi connectivity index (χ2n) is 3.73. The molecule has 14 heavy (non-hydrogen) atoms. The van der Waals surface area contributed by atoms with E-state index in [4.69, 9.17) is 5.73 Å². The fraction of sp³-hybridized carbons (Fsp3) is 0.400. The van der Waals surface area contributed by atoms with E-state index in [0.717, 1.165) is 18.9 Å². The fourth-order valence-corrected chi connectivity index (χ4v) is 1.66. The molecule has 1 aliphatic carbocycles. The molecule has 0 bridgehead atoms. The van der Waals surface area contributed by atoms with Gasteiger partial charge in [-0.15, -0.1) is 0 Å². The molecular weight excluding hydrogens is 191 g/mol. The summed E-state index contributed by atoms with van der Waals surface area (Å²) in [4.78, 5) is 0. The van der Waals surface area contributed by atoms with E-state index in [2.05, 4.69) is 0 Å². The van der Waals surface area contributed by atoms with Crippen molar-refractivity contribution in [3.8, 4) is 0 Å². The van der Waals surface area contributed by atoms with Crippen LogP contribution in [0.25, 0.3) is 0 Å². The fourth-order valence-electron chi connectivity index (χ4n) is 1.66. The van der Waals surface area contributed by atoms with Crippen molar-refractivity contribution in [3.63, 3.8) is 0 Å². The van der Waals surface area contributed by atoms with Crippen LogP contribution in [0.4, 0.5) is 13.2 Å². The average molecular weight is 201 g/mol. The second kappa shape index (κ2) is 2.98. The Morgan fingerprint density at radius 3 is 2.14 bits per heavy atom. The molecule has 0 amide bonds. The van der Waals surface area contributed by atoms with Gasteiger partial charge in [-0.2, -0.15) is 0 Å². The normalized spacial score (nSPS) is 18.3. The number of rotatable bonds is 2. The minimum absolute atomic E-state index is 0.207. The molecule has 0 heterocycles. The molecule has 0 radical (unpaired) electrons. The van der Waals surface area contributed by atoms with Crippen LogP contribution in [0.3, 0.4) is 0 Å². The summed E-state index contributed by atoms with van der Waals surface area (Å²) in [5.74, 6) is -2.87. The van der Waals surface area contributed by atoms with E-state index in [-0.39, 0.29) is 12.1 Å². The smallest absolute Gasteiger partial charge is 0.161 e. The number of nitrogens with two attached hydrogens (primary N) is 1. The minimum Gasteiger partial charge on any atom is -0.330 e. The van der Waals surface area contributed by atoms with Crippen LogP contribution in [-0.4, -0.2) is 6.54 Å². The largest absolute Gasteiger partial charge is 0.330 e. The van der Waals surface area contributed by atoms with E-state index in [1.807, 2.05) is 0 Å². The Balaban J connectivity index is 2.49. The Labute approximate surface area is 79.7 Å². The standard InChI is InChI=1S/C10H10F3N/c11-7-4-9(13)8(12)3-6(7)10(5-14)1-2-10/h3-4H,1-2,5,14H2. The van der Waals surface area contributed by atoms with E-state index in [1.165, 1.54) is 0 Å². The SMILES string of the molecule is NCC1(c2cc(F)c(F)cc2F)CC1. The summed E-state index contributed by atoms with van der Waals surface area (Å²) in [5.41, 5.74) is 5.24. The van der Waals surface area contributed by atoms with Crippen LogP contribution in [0.2, 0.25) is 0 Å². The molecular formula is C10H10F3N. The van der Waals surface area contributed by atoms with Gasteiger partial charge in [-0.25, -0.2) is 13.2 Å². The lowest BCUT2D eigenvalue weighted by Gasteiger charge is -2.13. The van der Waals surface area contributed by atoms with Gasteiger partial charge in [-0.1, -0.05) is 0 Å². The Morgan fingerprint density at radius 2 is 1.64 bits per heavy atom. The van der Waals surface area contributed by atoms with Crippen molar-refractivity contribution in [3.05, 3.63) is 35.1 Å². The zero-order chi connectivity index (χ0) is 10.3. The summed E-state index contributed by atoms with van der Waals surface area (Å²) in [6.45, 7) is 0.273. The van der Waals surface area contributed by atoms with E-state index >= 15 is 0 Å². The summed E-state index contributed by atoms with van der Waals surface area (Å²) >= 11 is 0. The van der Waals surface area contributed by atoms with Crippen LogP contribution < -0.4 is 5.73 Å². The van der Waals surface area contributed by atoms with Gasteiger partial charge < -0.3 is 5.73 Å². The highest BCUT2D eigenvalue weighted by Crippen LogP contribution is 2.48. The molecule has 4 heteroatoms. The molecule has 1 aromatic carbocycles. The van der Waals surface area contributed by atoms with Crippen molar-refractivity contribution in [2.75, 3.05) is 6.54 Å². The maximum Gasteiger partial charge on any atom is 0.161 e. The maximum absolute atomic E-state index is 13.3. The van der Waals surface area contributed by atoms with Gasteiger partial charge in [0.2, 0.25) is 0 Å². The van der Waals surface area contributed by atoms with Gasteiger partial charge in [-0.3, -0.25) is 0 Å². The maximum atomic E-state index is 13.3. The molecule has 0 aliphatic heterocycles. The zero-order valence-electron chi connectivity index (χ0n) is 7.49. The third kappa shape index (κ3) is 1.30. The van der Waals surface area contributed by atoms with Crippen molar-refractivity contribution < 1.29 is 13.2 Å². The van der Waals surface area contributed by atoms with E-state index in [9.17, 15) is 13.2 Å². The Morgan fingerprint density at radius 1 is 1.07 bits per heavy atom. The predicted octanol–water partition coefficient (Wildman–Crippen LogP) is 2.09. The first kappa shape index (κ1) is 9.52. The van der Waals surface area contributed by atoms with Crippen LogP contribution in [0.5, 0.6) is 0 Å². The molecule has 1 aliphatic rings. The molecule has 0 aromatic heterocycles. The van der Waals surface area contributed by atoms with Gasteiger partial charge in [0.15, 0.2) is 11.6 Å². The zero-order valence-corrected chi connectivity index (χ0v) is 7.49. The predicted molar refractivity (Wildman–Crippen MR) is 46.3 cm³/mol. The molecule has 0 spiro atoms. The third-order valence-corrected chi connectivity index (χ3v) is 2.83. The lowest BCUT2D eigenvalue weighted by Crippen LogP contribution is -2.21. The van der Waals surface area contributed by atoms with Crippen molar-refractivity contribution in [1.82, 2.24) is 0 Å². The van der Waals surface area contributed by atoms with Gasteiger partial charge in [0.05, 0.1) is 0 Å². The van der Waals surface area contributed by atoms with Gasteiger partial charge in [0.1, 0.15) is 5.82 Å². The number of halogens is 3. The first-order valence-corrected chi connectivity index (χ1v) is 4.44. The average Bonchev–Trinajstić information content (AvgIpc) is 2.92. The molecule has 0 atom stereocenters. The van der Waals surface area contributed by atoms with Gasteiger partial charge in [0.25, 0.3) is 0 Å². The lowest BCUT2D eigenvalue weighted by atomic mass is 9.95. The summed E-state index contributed by atoms with van der Waals surface area (Å²) in [5, 5.41) is 0. The molecule has 76 valence electrons. The van der Waals surface area contributed by atoms with Crippen molar-refractivity contribution >= 4 is 0 Å². The lowest BCUT2D eigenvalue weighted by molar-refractivity contribution is 0.482. The highest BCUT2D eigenvalue weighted by molar-refractivity contribution is 5.34. The quantitative estimate of drug-likeness (QED) is 0.728. The number of hydrogen-bond donors (Lipinski definition) is 1. The highest BCUT2D eigenvalue weighted by atomic mass is 19.2. The summed E-state index contributed by atoms with van der Waals surface area (Å²) in [6, 6.07) is 1.50. The van der Waals surface area contributed by atoms with E-state index in [0.29, 0.717) is 6.07 Å². The molecule has 1 fully saturated rings. The van der Waals surface area contributed by atoms with Crippen LogP contribution in [0.1, 0.15) is 18.4 Å². The summed E-state index contributed by atoms with van der Waals surface area (Å²) in [6.07, 6.45) is 1.48. The highest BCUT2D eigenvalue weighted by Gasteiger charge is 2.45. The topological polar surface area (TPSA) is 26.0 Å². The Hall–Kier alpha value is -1.03. The van der Waals surface area contributed by atoms with Crippen LogP contribution in [-0.2, 0) is 5.41 Å². The molecule has 0 unspecified atom stereocenters. The molecule has 1 saturated carbocycles. The van der Waals surface area contributed by atoms with Crippen molar-refractivity contribution in [2.45, 2.75) is 18.3 Å². The van der Waals surface area contributed by atoms with Gasteiger partial charge in [-0.05, 0) is 24.5 Å². The van der Waals surface area contributed by atoms with Crippen LogP contribution in [0.15, 0.2) is 12.1 Å². The molecule has 0 saturated heterocycles. The second-order valence-corrected chi connectivity index (χ2v) is 3.73. The minimum atomic E-state index is -1.15. The number of benzene rings is 1. The van der Waals surface area contributed by atoms with E-state index in [1.54, 1.807) is 0 Å². The Kier molecular flexibility index (Phi) is 2.03. The Bertz CT molecular complexity index is 372. The van der Waals surface area contributed by atoms with Crippen molar-refractivity contribution in [1.29, 1.82) is 0 Å². The molecule has 1 nitrogen and oxygen atoms in total. The first-order valence-electron chi connectivity index (χ1n) is 4.44. The molecule has 2 N–H and O–H groups in total. The summed E-state index contributed by atoms with van der Waals surface area (Å²) in [7, 11) is 0. The monoisotopic (exact) mass is 201 g/mol.